The van der Waals surface area contributed by atoms with Gasteiger partial charge >= 0.3 is 6.18 Å². The Kier molecular flexibility index (Phi) is 7.21. The number of rotatable bonds is 6. The van der Waals surface area contributed by atoms with E-state index in [0.717, 1.165) is 36.4 Å². The van der Waals surface area contributed by atoms with Gasteiger partial charge in [-0.2, -0.15) is 13.2 Å². The maximum Gasteiger partial charge on any atom is 0.416 e. The lowest BCUT2D eigenvalue weighted by Gasteiger charge is -2.24. The molecule has 0 fully saturated rings. The van der Waals surface area contributed by atoms with Crippen molar-refractivity contribution in [1.82, 2.24) is 4.98 Å². The van der Waals surface area contributed by atoms with Crippen molar-refractivity contribution in [2.45, 2.75) is 32.1 Å². The summed E-state index contributed by atoms with van der Waals surface area (Å²) in [5.74, 6) is -1.42. The van der Waals surface area contributed by atoms with E-state index in [4.69, 9.17) is 0 Å². The largest absolute Gasteiger partial charge is 0.416 e. The number of hydrogen-bond donors (Lipinski definition) is 0. The van der Waals surface area contributed by atoms with Crippen molar-refractivity contribution in [3.8, 4) is 22.4 Å². The Morgan fingerprint density at radius 2 is 1.30 bits per heavy atom. The number of carbonyl (C=O) groups is 1. The molecule has 8 heteroatoms. The first-order chi connectivity index (χ1) is 17.5. The molecule has 1 unspecified atom stereocenters. The average Bonchev–Trinajstić information content (AvgIpc) is 2.87. The van der Waals surface area contributed by atoms with Crippen LogP contribution in [0.1, 0.15) is 58.7 Å². The van der Waals surface area contributed by atoms with Crippen LogP contribution in [-0.4, -0.2) is 11.3 Å². The summed E-state index contributed by atoms with van der Waals surface area (Å²) in [7, 11) is 0. The molecule has 0 saturated carbocycles. The van der Waals surface area contributed by atoms with Crippen LogP contribution in [0, 0.1) is 11.6 Å². The van der Waals surface area contributed by atoms with Crippen LogP contribution in [0.5, 0.6) is 0 Å². The van der Waals surface area contributed by atoms with Gasteiger partial charge in [0.1, 0.15) is 11.6 Å². The van der Waals surface area contributed by atoms with Crippen molar-refractivity contribution in [3.63, 3.8) is 0 Å². The van der Waals surface area contributed by atoms with Gasteiger partial charge in [0, 0.05) is 22.3 Å². The van der Waals surface area contributed by atoms with Gasteiger partial charge < -0.3 is 0 Å². The highest BCUT2D eigenvalue weighted by Crippen LogP contribution is 2.43. The summed E-state index contributed by atoms with van der Waals surface area (Å²) in [6, 6.07) is 14.0. The van der Waals surface area contributed by atoms with Crippen LogP contribution in [0.2, 0.25) is 0 Å². The zero-order chi connectivity index (χ0) is 26.9. The van der Waals surface area contributed by atoms with Gasteiger partial charge in [0.25, 0.3) is 0 Å². The molecule has 1 atom stereocenters. The number of carbonyl (C=O) groups excluding carboxylic acids is 1. The summed E-state index contributed by atoms with van der Waals surface area (Å²) < 4.78 is 82.8. The van der Waals surface area contributed by atoms with E-state index in [0.29, 0.717) is 17.4 Å². The molecule has 0 radical (unpaired) electrons. The van der Waals surface area contributed by atoms with E-state index in [1.807, 2.05) is 0 Å². The standard InChI is InChI=1S/C29H21F6NO/c1-16(2)27-25(26(32)18-3-9-20(10-4-18)29(33,34)35)24(17-5-11-21(30)12-6-17)23(15-37)28(36-27)19-7-13-22(31)14-8-19/h3-16,26H,1-2H3. The van der Waals surface area contributed by atoms with Crippen LogP contribution in [0.4, 0.5) is 26.3 Å². The predicted molar refractivity (Wildman–Crippen MR) is 129 cm³/mol. The van der Waals surface area contributed by atoms with Crippen LogP contribution in [0.25, 0.3) is 22.4 Å². The molecule has 190 valence electrons. The number of alkyl halides is 4. The van der Waals surface area contributed by atoms with Gasteiger partial charge in [-0.3, -0.25) is 9.78 Å². The molecule has 4 rings (SSSR count). The van der Waals surface area contributed by atoms with Crippen LogP contribution in [0.15, 0.2) is 72.8 Å². The van der Waals surface area contributed by atoms with Crippen molar-refractivity contribution < 1.29 is 31.1 Å². The fraction of sp³-hybridized carbons (Fsp3) is 0.172. The average molecular weight is 513 g/mol. The molecule has 0 aliphatic heterocycles. The van der Waals surface area contributed by atoms with E-state index >= 15 is 4.39 Å². The fourth-order valence-electron chi connectivity index (χ4n) is 4.21. The van der Waals surface area contributed by atoms with Gasteiger partial charge in [0.15, 0.2) is 12.5 Å². The minimum atomic E-state index is -4.59. The minimum Gasteiger partial charge on any atom is -0.298 e. The molecule has 3 aromatic carbocycles. The van der Waals surface area contributed by atoms with Gasteiger partial charge in [-0.05, 0) is 65.6 Å². The second-order valence-electron chi connectivity index (χ2n) is 8.82. The Labute approximate surface area is 209 Å². The molecule has 2 nitrogen and oxygen atoms in total. The molecule has 0 aliphatic carbocycles. The van der Waals surface area contributed by atoms with Gasteiger partial charge in [0.05, 0.1) is 17.0 Å². The lowest BCUT2D eigenvalue weighted by atomic mass is 9.84. The van der Waals surface area contributed by atoms with Crippen LogP contribution >= 0.6 is 0 Å². The molecule has 0 aliphatic rings. The Balaban J connectivity index is 2.04. The second-order valence-corrected chi connectivity index (χ2v) is 8.82. The van der Waals surface area contributed by atoms with Crippen LogP contribution < -0.4 is 0 Å². The summed E-state index contributed by atoms with van der Waals surface area (Å²) >= 11 is 0. The maximum absolute atomic E-state index is 16.3. The summed E-state index contributed by atoms with van der Waals surface area (Å²) in [4.78, 5) is 17.0. The SMILES string of the molecule is CC(C)c1nc(-c2ccc(F)cc2)c(C=O)c(-c2ccc(F)cc2)c1C(F)c1ccc(C(F)(F)F)cc1. The number of aromatic nitrogens is 1. The number of nitrogens with zero attached hydrogens (tertiary/aromatic N) is 1. The van der Waals surface area contributed by atoms with E-state index in [-0.39, 0.29) is 39.6 Å². The molecule has 4 aromatic rings. The molecule has 0 spiro atoms. The van der Waals surface area contributed by atoms with Crippen molar-refractivity contribution in [3.05, 3.63) is 112 Å². The zero-order valence-corrected chi connectivity index (χ0v) is 19.8. The molecule has 1 aromatic heterocycles. The Hall–Kier alpha value is -3.94. The van der Waals surface area contributed by atoms with E-state index in [1.54, 1.807) is 13.8 Å². The molecule has 1 heterocycles. The van der Waals surface area contributed by atoms with Crippen molar-refractivity contribution in [2.75, 3.05) is 0 Å². The van der Waals surface area contributed by atoms with Crippen LogP contribution in [-0.2, 0) is 6.18 Å². The van der Waals surface area contributed by atoms with Gasteiger partial charge in [-0.15, -0.1) is 0 Å². The topological polar surface area (TPSA) is 30.0 Å². The molecule has 37 heavy (non-hydrogen) atoms. The smallest absolute Gasteiger partial charge is 0.298 e. The number of halogens is 6. The van der Waals surface area contributed by atoms with E-state index < -0.39 is 29.5 Å². The lowest BCUT2D eigenvalue weighted by molar-refractivity contribution is -0.137. The van der Waals surface area contributed by atoms with Crippen molar-refractivity contribution in [2.24, 2.45) is 0 Å². The molecule has 0 bridgehead atoms. The monoisotopic (exact) mass is 513 g/mol. The number of hydrogen-bond acceptors (Lipinski definition) is 2. The van der Waals surface area contributed by atoms with Gasteiger partial charge in [-0.25, -0.2) is 13.2 Å². The first-order valence-corrected chi connectivity index (χ1v) is 11.4. The number of aldehydes is 1. The first-order valence-electron chi connectivity index (χ1n) is 11.4. The number of benzene rings is 3. The zero-order valence-electron chi connectivity index (χ0n) is 19.8. The third kappa shape index (κ3) is 5.28. The molecular weight excluding hydrogens is 492 g/mol. The summed E-state index contributed by atoms with van der Waals surface area (Å²) in [5, 5.41) is 0. The molecule has 0 N–H and O–H groups in total. The first kappa shape index (κ1) is 26.1. The van der Waals surface area contributed by atoms with E-state index in [2.05, 4.69) is 4.98 Å². The van der Waals surface area contributed by atoms with E-state index in [1.165, 1.54) is 36.4 Å². The fourth-order valence-corrected chi connectivity index (χ4v) is 4.21. The molecule has 0 amide bonds. The normalized spacial score (nSPS) is 12.6. The highest BCUT2D eigenvalue weighted by molar-refractivity contribution is 5.97. The van der Waals surface area contributed by atoms with Crippen LogP contribution in [0.3, 0.4) is 0 Å². The molecule has 0 saturated heterocycles. The lowest BCUT2D eigenvalue weighted by Crippen LogP contribution is -2.12. The molecular formula is C29H21F6NO. The maximum atomic E-state index is 16.3. The van der Waals surface area contributed by atoms with E-state index in [9.17, 15) is 26.7 Å². The number of pyridine rings is 1. The third-order valence-corrected chi connectivity index (χ3v) is 6.00. The Morgan fingerprint density at radius 3 is 1.76 bits per heavy atom. The Bertz CT molecular complexity index is 1410. The van der Waals surface area contributed by atoms with Crippen molar-refractivity contribution >= 4 is 6.29 Å². The van der Waals surface area contributed by atoms with Crippen molar-refractivity contribution in [1.29, 1.82) is 0 Å². The summed E-state index contributed by atoms with van der Waals surface area (Å²) in [6.45, 7) is 3.52. The summed E-state index contributed by atoms with van der Waals surface area (Å²) in [5.41, 5.74) is 0.307. The predicted octanol–water partition coefficient (Wildman–Crippen LogP) is 8.71. The third-order valence-electron chi connectivity index (χ3n) is 6.00. The summed E-state index contributed by atoms with van der Waals surface area (Å²) in [6.07, 6.45) is -6.04. The van der Waals surface area contributed by atoms with Gasteiger partial charge in [-0.1, -0.05) is 38.1 Å². The Morgan fingerprint density at radius 1 is 0.784 bits per heavy atom. The van der Waals surface area contributed by atoms with Gasteiger partial charge in [0.2, 0.25) is 0 Å². The highest BCUT2D eigenvalue weighted by atomic mass is 19.4. The minimum absolute atomic E-state index is 0.00525. The highest BCUT2D eigenvalue weighted by Gasteiger charge is 2.32. The quantitative estimate of drug-likeness (QED) is 0.191. The second kappa shape index (κ2) is 10.2.